The third-order valence-corrected chi connectivity index (χ3v) is 4.17. The first kappa shape index (κ1) is 15.4. The van der Waals surface area contributed by atoms with Crippen LogP contribution in [0.5, 0.6) is 5.75 Å². The lowest BCUT2D eigenvalue weighted by molar-refractivity contribution is -0.384. The fourth-order valence-electron chi connectivity index (χ4n) is 1.46. The highest BCUT2D eigenvalue weighted by Crippen LogP contribution is 2.25. The third-order valence-electron chi connectivity index (χ3n) is 2.42. The molecule has 110 valence electrons. The summed E-state index contributed by atoms with van der Waals surface area (Å²) in [4.78, 5) is 9.23. The number of nitro groups is 1. The standard InChI is InChI=1S/C12H7BrFNO5S/c13-8-1-6-11(14)12(7-8)21(18,19)20-10-4-2-9(3-5-10)15(16)17/h1-7H. The minimum absolute atomic E-state index is 0.153. The number of nitro benzene ring substituents is 1. The molecule has 0 aromatic heterocycles. The summed E-state index contributed by atoms with van der Waals surface area (Å²) in [5.41, 5.74) is -0.214. The number of non-ortho nitro benzene ring substituents is 1. The van der Waals surface area contributed by atoms with E-state index >= 15 is 0 Å². The second kappa shape index (κ2) is 5.78. The molecule has 2 aromatic rings. The zero-order valence-corrected chi connectivity index (χ0v) is 12.6. The fraction of sp³-hybridized carbons (Fsp3) is 0. The van der Waals surface area contributed by atoms with Gasteiger partial charge in [-0.1, -0.05) is 15.9 Å². The number of benzene rings is 2. The predicted molar refractivity (Wildman–Crippen MR) is 75.0 cm³/mol. The Morgan fingerprint density at radius 1 is 1.14 bits per heavy atom. The van der Waals surface area contributed by atoms with Gasteiger partial charge in [0.05, 0.1) is 4.92 Å². The van der Waals surface area contributed by atoms with E-state index < -0.39 is 25.8 Å². The molecule has 0 saturated heterocycles. The first-order valence-electron chi connectivity index (χ1n) is 5.43. The van der Waals surface area contributed by atoms with Gasteiger partial charge in [-0.05, 0) is 30.3 Å². The average Bonchev–Trinajstić information content (AvgIpc) is 2.41. The van der Waals surface area contributed by atoms with E-state index in [2.05, 4.69) is 15.9 Å². The maximum absolute atomic E-state index is 13.6. The van der Waals surface area contributed by atoms with E-state index in [0.29, 0.717) is 4.47 Å². The van der Waals surface area contributed by atoms with Gasteiger partial charge in [0.25, 0.3) is 5.69 Å². The van der Waals surface area contributed by atoms with Crippen molar-refractivity contribution in [3.63, 3.8) is 0 Å². The predicted octanol–water partition coefficient (Wildman–Crippen LogP) is 3.26. The molecule has 0 aliphatic heterocycles. The maximum atomic E-state index is 13.6. The number of hydrogen-bond donors (Lipinski definition) is 0. The highest BCUT2D eigenvalue weighted by atomic mass is 79.9. The van der Waals surface area contributed by atoms with Crippen molar-refractivity contribution in [2.24, 2.45) is 0 Å². The monoisotopic (exact) mass is 375 g/mol. The second-order valence-corrected chi connectivity index (χ2v) is 6.29. The van der Waals surface area contributed by atoms with Crippen LogP contribution in [0.4, 0.5) is 10.1 Å². The molecule has 6 nitrogen and oxygen atoms in total. The number of hydrogen-bond acceptors (Lipinski definition) is 5. The Labute approximate surface area is 127 Å². The van der Waals surface area contributed by atoms with Crippen molar-refractivity contribution in [2.75, 3.05) is 0 Å². The van der Waals surface area contributed by atoms with Crippen LogP contribution in [0.25, 0.3) is 0 Å². The highest BCUT2D eigenvalue weighted by Gasteiger charge is 2.22. The van der Waals surface area contributed by atoms with Gasteiger partial charge < -0.3 is 4.18 Å². The van der Waals surface area contributed by atoms with Gasteiger partial charge in [0, 0.05) is 16.6 Å². The van der Waals surface area contributed by atoms with Gasteiger partial charge in [0.2, 0.25) is 0 Å². The zero-order valence-electron chi connectivity index (χ0n) is 10.2. The van der Waals surface area contributed by atoms with Gasteiger partial charge in [-0.15, -0.1) is 0 Å². The Balaban J connectivity index is 2.33. The molecular weight excluding hydrogens is 369 g/mol. The minimum Gasteiger partial charge on any atom is -0.379 e. The summed E-state index contributed by atoms with van der Waals surface area (Å²) >= 11 is 3.04. The van der Waals surface area contributed by atoms with Gasteiger partial charge in [-0.2, -0.15) is 8.42 Å². The van der Waals surface area contributed by atoms with Gasteiger partial charge >= 0.3 is 10.1 Å². The lowest BCUT2D eigenvalue weighted by Gasteiger charge is -2.08. The SMILES string of the molecule is O=[N+]([O-])c1ccc(OS(=O)(=O)c2cc(Br)ccc2F)cc1. The summed E-state index contributed by atoms with van der Waals surface area (Å²) in [6.07, 6.45) is 0. The highest BCUT2D eigenvalue weighted by molar-refractivity contribution is 9.10. The largest absolute Gasteiger partial charge is 0.379 e. The third kappa shape index (κ3) is 3.56. The summed E-state index contributed by atoms with van der Waals surface area (Å²) < 4.78 is 42.6. The first-order valence-corrected chi connectivity index (χ1v) is 7.64. The second-order valence-electron chi connectivity index (χ2n) is 3.86. The molecule has 0 atom stereocenters. The van der Waals surface area contributed by atoms with Crippen molar-refractivity contribution in [2.45, 2.75) is 4.90 Å². The molecule has 0 heterocycles. The molecule has 0 aliphatic carbocycles. The fourth-order valence-corrected chi connectivity index (χ4v) is 3.01. The van der Waals surface area contributed by atoms with Crippen LogP contribution in [-0.2, 0) is 10.1 Å². The smallest absolute Gasteiger partial charge is 0.342 e. The Kier molecular flexibility index (Phi) is 4.24. The zero-order chi connectivity index (χ0) is 15.6. The number of rotatable bonds is 4. The molecule has 0 bridgehead atoms. The summed E-state index contributed by atoms with van der Waals surface area (Å²) in [5, 5.41) is 10.5. The van der Waals surface area contributed by atoms with Crippen LogP contribution in [-0.4, -0.2) is 13.3 Å². The lowest BCUT2D eigenvalue weighted by atomic mass is 10.3. The topological polar surface area (TPSA) is 86.5 Å². The maximum Gasteiger partial charge on any atom is 0.342 e. The summed E-state index contributed by atoms with van der Waals surface area (Å²) in [5.74, 6) is -1.11. The van der Waals surface area contributed by atoms with Crippen molar-refractivity contribution < 1.29 is 21.9 Å². The van der Waals surface area contributed by atoms with Gasteiger partial charge in [-0.3, -0.25) is 10.1 Å². The number of halogens is 2. The van der Waals surface area contributed by atoms with Crippen molar-refractivity contribution in [1.29, 1.82) is 0 Å². The lowest BCUT2D eigenvalue weighted by Crippen LogP contribution is -2.11. The molecule has 0 aliphatic rings. The van der Waals surface area contributed by atoms with Crippen LogP contribution < -0.4 is 4.18 Å². The number of nitrogens with zero attached hydrogens (tertiary/aromatic N) is 1. The van der Waals surface area contributed by atoms with E-state index in [1.165, 1.54) is 6.07 Å². The van der Waals surface area contributed by atoms with Crippen LogP contribution in [0.15, 0.2) is 51.8 Å². The average molecular weight is 376 g/mol. The molecule has 21 heavy (non-hydrogen) atoms. The van der Waals surface area contributed by atoms with Crippen LogP contribution in [0.2, 0.25) is 0 Å². The van der Waals surface area contributed by atoms with E-state index in [1.54, 1.807) is 0 Å². The molecule has 2 rings (SSSR count). The molecule has 0 radical (unpaired) electrons. The Morgan fingerprint density at radius 2 is 1.76 bits per heavy atom. The van der Waals surface area contributed by atoms with Crippen molar-refractivity contribution >= 4 is 31.7 Å². The molecule has 0 amide bonds. The molecule has 2 aromatic carbocycles. The summed E-state index contributed by atoms with van der Waals surface area (Å²) in [6, 6.07) is 7.80. The quantitative estimate of drug-likeness (QED) is 0.465. The Hall–Kier alpha value is -2.00. The van der Waals surface area contributed by atoms with Crippen molar-refractivity contribution in [3.05, 3.63) is 62.9 Å². The molecule has 0 fully saturated rings. The summed E-state index contributed by atoms with van der Waals surface area (Å²) in [6.45, 7) is 0. The molecule has 0 spiro atoms. The molecule has 0 unspecified atom stereocenters. The molecule has 0 N–H and O–H groups in total. The van der Waals surface area contributed by atoms with Crippen LogP contribution in [0, 0.1) is 15.9 Å². The molecule has 9 heteroatoms. The minimum atomic E-state index is -4.37. The van der Waals surface area contributed by atoms with Gasteiger partial charge in [0.1, 0.15) is 16.5 Å². The van der Waals surface area contributed by atoms with Crippen LogP contribution >= 0.6 is 15.9 Å². The Morgan fingerprint density at radius 3 is 2.33 bits per heavy atom. The summed E-state index contributed by atoms with van der Waals surface area (Å²) in [7, 11) is -4.37. The van der Waals surface area contributed by atoms with E-state index in [1.807, 2.05) is 0 Å². The van der Waals surface area contributed by atoms with Crippen molar-refractivity contribution in [1.82, 2.24) is 0 Å². The normalized spacial score (nSPS) is 11.1. The molecular formula is C12H7BrFNO5S. The molecule has 0 saturated carbocycles. The first-order chi connectivity index (χ1) is 9.79. The van der Waals surface area contributed by atoms with Crippen molar-refractivity contribution in [3.8, 4) is 5.75 Å². The van der Waals surface area contributed by atoms with E-state index in [9.17, 15) is 22.9 Å². The van der Waals surface area contributed by atoms with E-state index in [4.69, 9.17) is 4.18 Å². The van der Waals surface area contributed by atoms with Gasteiger partial charge in [0.15, 0.2) is 0 Å². The van der Waals surface area contributed by atoms with Crippen LogP contribution in [0.1, 0.15) is 0 Å². The van der Waals surface area contributed by atoms with Gasteiger partial charge in [-0.25, -0.2) is 4.39 Å². The van der Waals surface area contributed by atoms with E-state index in [0.717, 1.165) is 36.4 Å². The van der Waals surface area contributed by atoms with E-state index in [-0.39, 0.29) is 11.4 Å². The Bertz CT molecular complexity index is 792. The van der Waals surface area contributed by atoms with Crippen LogP contribution in [0.3, 0.4) is 0 Å².